The summed E-state index contributed by atoms with van der Waals surface area (Å²) in [5.41, 5.74) is 0. The molecule has 0 rings (SSSR count). The molecule has 0 aromatic rings. The molecule has 0 aromatic heterocycles. The van der Waals surface area contributed by atoms with E-state index < -0.39 is 13.4 Å². The zero-order valence-corrected chi connectivity index (χ0v) is 7.25. The van der Waals surface area contributed by atoms with Crippen molar-refractivity contribution in [2.24, 2.45) is 0 Å². The number of hydrogen-bond acceptors (Lipinski definition) is 2. The van der Waals surface area contributed by atoms with Crippen LogP contribution in [-0.4, -0.2) is 59.8 Å². The molecule has 0 fully saturated rings. The molecule has 0 bridgehead atoms. The molecule has 0 spiro atoms. The summed E-state index contributed by atoms with van der Waals surface area (Å²) in [7, 11) is 0. The molecule has 0 saturated carbocycles. The molecule has 0 amide bonds. The molecule has 0 saturated heterocycles. The number of hydrogen-bond donors (Lipinski definition) is 2. The first-order valence-electron chi connectivity index (χ1n) is 0.647. The molecular formula is H3CoKMnNi2O4. The molecule has 0 aromatic carbocycles. The van der Waals surface area contributed by atoms with Crippen LogP contribution in [0.2, 0.25) is 0 Å². The second-order valence-corrected chi connectivity index (χ2v) is 1.71. The Bertz CT molecular complexity index is 102. The van der Waals surface area contributed by atoms with Crippen molar-refractivity contribution in [3.8, 4) is 0 Å². The summed E-state index contributed by atoms with van der Waals surface area (Å²) in [6.07, 6.45) is 0. The van der Waals surface area contributed by atoms with Gasteiger partial charge < -0.3 is 0 Å². The van der Waals surface area contributed by atoms with Gasteiger partial charge in [-0.05, 0) is 0 Å². The maximum absolute atomic E-state index is 8.80. The Labute approximate surface area is 128 Å². The van der Waals surface area contributed by atoms with Crippen LogP contribution in [0.25, 0.3) is 0 Å². The van der Waals surface area contributed by atoms with Crippen LogP contribution in [-0.2, 0) is 70.8 Å². The van der Waals surface area contributed by atoms with Gasteiger partial charge in [0, 0.05) is 49.8 Å². The summed E-state index contributed by atoms with van der Waals surface area (Å²) in [6, 6.07) is 0. The van der Waals surface area contributed by atoms with Gasteiger partial charge in [-0.1, -0.05) is 0 Å². The predicted octanol–water partition coefficient (Wildman–Crippen LogP) is -2.01. The van der Waals surface area contributed by atoms with Gasteiger partial charge in [0.25, 0.3) is 0 Å². The molecule has 0 aliphatic heterocycles. The Balaban J connectivity index is -0.0000000133. The van der Waals surface area contributed by atoms with Gasteiger partial charge in [-0.2, -0.15) is 0 Å². The van der Waals surface area contributed by atoms with E-state index in [2.05, 4.69) is 0 Å². The molecule has 64 valence electrons. The van der Waals surface area contributed by atoms with Gasteiger partial charge in [0.1, 0.15) is 0 Å². The van der Waals surface area contributed by atoms with E-state index in [1.54, 1.807) is 0 Å². The second-order valence-electron chi connectivity index (χ2n) is 0.415. The summed E-state index contributed by atoms with van der Waals surface area (Å²) in [5, 5.41) is 0. The van der Waals surface area contributed by atoms with E-state index >= 15 is 0 Å². The van der Waals surface area contributed by atoms with Crippen LogP contribution in [0.15, 0.2) is 0 Å². The van der Waals surface area contributed by atoms with Gasteiger partial charge in [-0.3, -0.25) is 0 Å². The van der Waals surface area contributed by atoms with E-state index in [0.717, 1.165) is 0 Å². The van der Waals surface area contributed by atoms with Crippen molar-refractivity contribution in [1.82, 2.24) is 0 Å². The van der Waals surface area contributed by atoms with Crippen molar-refractivity contribution >= 4 is 51.4 Å². The van der Waals surface area contributed by atoms with Gasteiger partial charge in [0.15, 0.2) is 0 Å². The fraction of sp³-hybridized carbons (Fsp3) is 0. The maximum atomic E-state index is 8.80. The molecule has 9 heavy (non-hydrogen) atoms. The van der Waals surface area contributed by atoms with Crippen molar-refractivity contribution in [3.05, 3.63) is 0 Å². The second kappa shape index (κ2) is 13.7. The Hall–Kier alpha value is 3.17. The van der Waals surface area contributed by atoms with E-state index in [1.807, 2.05) is 0 Å². The number of rotatable bonds is 0. The third-order valence-corrected chi connectivity index (χ3v) is 0. The topological polar surface area (TPSA) is 74.6 Å². The molecule has 9 heteroatoms. The van der Waals surface area contributed by atoms with Crippen LogP contribution in [0.5, 0.6) is 0 Å². The monoisotopic (exact) mass is 336 g/mol. The molecule has 0 aliphatic carbocycles. The Morgan fingerprint density at radius 3 is 1.00 bits per heavy atom. The minimum absolute atomic E-state index is 0. The molecule has 0 aliphatic rings. The van der Waals surface area contributed by atoms with E-state index in [0.29, 0.717) is 0 Å². The summed E-state index contributed by atoms with van der Waals surface area (Å²) in [4.78, 5) is 0. The Kier molecular flexibility index (Phi) is 45.1. The van der Waals surface area contributed by atoms with E-state index in [4.69, 9.17) is 16.0 Å². The van der Waals surface area contributed by atoms with Crippen LogP contribution in [0.4, 0.5) is 0 Å². The van der Waals surface area contributed by atoms with Crippen LogP contribution >= 0.6 is 0 Å². The van der Waals surface area contributed by atoms with Crippen molar-refractivity contribution in [2.45, 2.75) is 0 Å². The fourth-order valence-corrected chi connectivity index (χ4v) is 0. The standard InChI is InChI=1S/Co.K.Mn.2Ni.2H2O.2O.H/h;;;;;2*1H2;;;/q;;+2;;;;;;;/p-2. The van der Waals surface area contributed by atoms with Gasteiger partial charge in [-0.25, -0.2) is 0 Å². The van der Waals surface area contributed by atoms with E-state index in [9.17, 15) is 0 Å². The normalized spacial score (nSPS) is 6.44. The van der Waals surface area contributed by atoms with Crippen LogP contribution in [0.3, 0.4) is 0 Å². The molecule has 1 radical (unpaired) electrons. The van der Waals surface area contributed by atoms with Crippen molar-refractivity contribution < 1.29 is 79.2 Å². The quantitative estimate of drug-likeness (QED) is 0.501. The van der Waals surface area contributed by atoms with Crippen LogP contribution in [0, 0.1) is 0 Å². The molecule has 0 unspecified atom stereocenters. The van der Waals surface area contributed by atoms with Gasteiger partial charge in [0.2, 0.25) is 0 Å². The average molecular weight is 337 g/mol. The van der Waals surface area contributed by atoms with E-state index in [-0.39, 0.29) is 101 Å². The van der Waals surface area contributed by atoms with Crippen molar-refractivity contribution in [1.29, 1.82) is 0 Å². The third kappa shape index (κ3) is 93.5. The molecular weight excluding hydrogens is 334 g/mol. The first-order chi connectivity index (χ1) is 2.00. The molecule has 0 heterocycles. The van der Waals surface area contributed by atoms with Gasteiger partial charge >= 0.3 is 80.8 Å². The van der Waals surface area contributed by atoms with E-state index in [1.165, 1.54) is 0 Å². The molecule has 2 N–H and O–H groups in total. The average Bonchev–Trinajstić information content (AvgIpc) is 0.722. The summed E-state index contributed by atoms with van der Waals surface area (Å²) < 4.78 is 31.8. The summed E-state index contributed by atoms with van der Waals surface area (Å²) >= 11 is -5.12. The summed E-state index contributed by atoms with van der Waals surface area (Å²) in [5.74, 6) is 0. The predicted molar refractivity (Wildman–Crippen MR) is 13.0 cm³/mol. The first kappa shape index (κ1) is 29.5. The summed E-state index contributed by atoms with van der Waals surface area (Å²) in [6.45, 7) is 0. The van der Waals surface area contributed by atoms with Crippen molar-refractivity contribution in [3.63, 3.8) is 0 Å². The zero-order chi connectivity index (χ0) is 4.50. The SMILES string of the molecule is [Co].[KH].[Ni].[Ni].[O]=[Mn](=[O])([OH])[OH]. The van der Waals surface area contributed by atoms with Gasteiger partial charge in [-0.15, -0.1) is 0 Å². The van der Waals surface area contributed by atoms with Gasteiger partial charge in [0.05, 0.1) is 0 Å². The zero-order valence-electron chi connectivity index (χ0n) is 3.05. The molecule has 0 atom stereocenters. The fourth-order valence-electron chi connectivity index (χ4n) is 0. The Morgan fingerprint density at radius 2 is 1.00 bits per heavy atom. The van der Waals surface area contributed by atoms with Crippen LogP contribution < -0.4 is 0 Å². The molecule has 4 nitrogen and oxygen atoms in total. The third-order valence-electron chi connectivity index (χ3n) is 0. The van der Waals surface area contributed by atoms with Crippen molar-refractivity contribution in [2.75, 3.05) is 0 Å². The van der Waals surface area contributed by atoms with Crippen LogP contribution in [0.1, 0.15) is 0 Å². The first-order valence-corrected chi connectivity index (χ1v) is 2.67. The minimum atomic E-state index is -5.12. The Morgan fingerprint density at radius 1 is 1.00 bits per heavy atom.